The molecule has 1 aliphatic heterocycles. The lowest BCUT2D eigenvalue weighted by Crippen LogP contribution is -2.54. The quantitative estimate of drug-likeness (QED) is 0.650. The van der Waals surface area contributed by atoms with E-state index in [9.17, 15) is 4.79 Å². The molecule has 1 saturated heterocycles. The summed E-state index contributed by atoms with van der Waals surface area (Å²) in [6, 6.07) is 0. The van der Waals surface area contributed by atoms with Crippen LogP contribution in [-0.2, 0) is 9.53 Å². The molecule has 1 fully saturated rings. The topological polar surface area (TPSA) is 38.3 Å². The van der Waals surface area contributed by atoms with Crippen LogP contribution < -0.4 is 5.32 Å². The summed E-state index contributed by atoms with van der Waals surface area (Å²) >= 11 is 0. The smallest absolute Gasteiger partial charge is 0.219 e. The minimum absolute atomic E-state index is 0.143. The van der Waals surface area contributed by atoms with Crippen molar-refractivity contribution in [3.8, 4) is 0 Å². The standard InChI is InChI=1S/C10H20N2O2/c1-3-10(13)11-4-5-12(2)6-8-14-9-7-12/h3-9H2,1-2H3/p+1. The lowest BCUT2D eigenvalue weighted by atomic mass is 10.3. The fourth-order valence-corrected chi connectivity index (χ4v) is 1.60. The first kappa shape index (κ1) is 11.5. The monoisotopic (exact) mass is 201 g/mol. The molecule has 0 aromatic carbocycles. The molecule has 82 valence electrons. The molecule has 0 aliphatic carbocycles. The van der Waals surface area contributed by atoms with Crippen LogP contribution in [0.15, 0.2) is 0 Å². The molecule has 0 aromatic heterocycles. The second kappa shape index (κ2) is 5.32. The van der Waals surface area contributed by atoms with Crippen LogP contribution >= 0.6 is 0 Å². The minimum atomic E-state index is 0.143. The van der Waals surface area contributed by atoms with Crippen LogP contribution in [0.1, 0.15) is 13.3 Å². The number of quaternary nitrogens is 1. The predicted octanol–water partition coefficient (Wildman–Crippen LogP) is -0.0106. The highest BCUT2D eigenvalue weighted by Crippen LogP contribution is 2.05. The molecule has 0 unspecified atom stereocenters. The molecule has 14 heavy (non-hydrogen) atoms. The van der Waals surface area contributed by atoms with Crippen LogP contribution in [0.25, 0.3) is 0 Å². The molecule has 0 radical (unpaired) electrons. The van der Waals surface area contributed by atoms with Crippen molar-refractivity contribution in [2.75, 3.05) is 46.4 Å². The number of hydrogen-bond acceptors (Lipinski definition) is 2. The van der Waals surface area contributed by atoms with Crippen molar-refractivity contribution in [2.45, 2.75) is 13.3 Å². The van der Waals surface area contributed by atoms with Gasteiger partial charge in [-0.2, -0.15) is 0 Å². The number of carbonyl (C=O) groups excluding carboxylic acids is 1. The molecule has 0 atom stereocenters. The zero-order valence-electron chi connectivity index (χ0n) is 9.21. The third kappa shape index (κ3) is 3.64. The van der Waals surface area contributed by atoms with Gasteiger partial charge < -0.3 is 14.5 Å². The van der Waals surface area contributed by atoms with Crippen LogP contribution in [0.2, 0.25) is 0 Å². The van der Waals surface area contributed by atoms with Crippen molar-refractivity contribution in [3.05, 3.63) is 0 Å². The lowest BCUT2D eigenvalue weighted by molar-refractivity contribution is -0.915. The van der Waals surface area contributed by atoms with Crippen molar-refractivity contribution >= 4 is 5.91 Å². The molecule has 0 spiro atoms. The summed E-state index contributed by atoms with van der Waals surface area (Å²) in [5.74, 6) is 0.143. The number of nitrogens with one attached hydrogen (secondary N) is 1. The van der Waals surface area contributed by atoms with E-state index in [0.29, 0.717) is 6.42 Å². The Morgan fingerprint density at radius 2 is 2.07 bits per heavy atom. The molecule has 1 heterocycles. The third-order valence-electron chi connectivity index (χ3n) is 2.85. The molecule has 0 bridgehead atoms. The Labute approximate surface area is 85.8 Å². The molecule has 1 aliphatic rings. The summed E-state index contributed by atoms with van der Waals surface area (Å²) in [5, 5.41) is 2.91. The number of hydrogen-bond donors (Lipinski definition) is 1. The van der Waals surface area contributed by atoms with E-state index in [0.717, 1.165) is 43.9 Å². The molecule has 4 heteroatoms. The highest BCUT2D eigenvalue weighted by atomic mass is 16.5. The SMILES string of the molecule is CCC(=O)NCC[N+]1(C)CCOCC1. The van der Waals surface area contributed by atoms with Crippen LogP contribution in [0.4, 0.5) is 0 Å². The maximum Gasteiger partial charge on any atom is 0.219 e. The van der Waals surface area contributed by atoms with Gasteiger partial charge in [0.05, 0.1) is 33.4 Å². The number of carbonyl (C=O) groups is 1. The maximum atomic E-state index is 11.0. The molecule has 4 nitrogen and oxygen atoms in total. The van der Waals surface area contributed by atoms with E-state index in [-0.39, 0.29) is 5.91 Å². The van der Waals surface area contributed by atoms with Crippen molar-refractivity contribution in [3.63, 3.8) is 0 Å². The second-order valence-electron chi connectivity index (χ2n) is 4.11. The van der Waals surface area contributed by atoms with Gasteiger partial charge >= 0.3 is 0 Å². The Balaban J connectivity index is 2.18. The molecule has 1 N–H and O–H groups in total. The zero-order chi connectivity index (χ0) is 10.4. The Hall–Kier alpha value is -0.610. The van der Waals surface area contributed by atoms with E-state index in [4.69, 9.17) is 4.74 Å². The van der Waals surface area contributed by atoms with Crippen molar-refractivity contribution < 1.29 is 14.0 Å². The fourth-order valence-electron chi connectivity index (χ4n) is 1.60. The van der Waals surface area contributed by atoms with Crippen molar-refractivity contribution in [1.82, 2.24) is 5.32 Å². The highest BCUT2D eigenvalue weighted by Gasteiger charge is 2.24. The average molecular weight is 201 g/mol. The van der Waals surface area contributed by atoms with E-state index >= 15 is 0 Å². The van der Waals surface area contributed by atoms with Crippen LogP contribution in [-0.4, -0.2) is 56.8 Å². The number of morpholine rings is 1. The number of nitrogens with zero attached hydrogens (tertiary/aromatic N) is 1. The van der Waals surface area contributed by atoms with Gasteiger partial charge in [0.2, 0.25) is 5.91 Å². The molecule has 1 rings (SSSR count). The first-order valence-electron chi connectivity index (χ1n) is 5.34. The summed E-state index contributed by atoms with van der Waals surface area (Å²) in [7, 11) is 2.22. The minimum Gasteiger partial charge on any atom is -0.370 e. The fraction of sp³-hybridized carbons (Fsp3) is 0.900. The van der Waals surface area contributed by atoms with Gasteiger partial charge in [0.25, 0.3) is 0 Å². The summed E-state index contributed by atoms with van der Waals surface area (Å²) in [6.45, 7) is 7.47. The zero-order valence-corrected chi connectivity index (χ0v) is 9.21. The van der Waals surface area contributed by atoms with Gasteiger partial charge in [-0.05, 0) is 0 Å². The number of amides is 1. The van der Waals surface area contributed by atoms with E-state index in [2.05, 4.69) is 12.4 Å². The Morgan fingerprint density at radius 3 is 2.64 bits per heavy atom. The highest BCUT2D eigenvalue weighted by molar-refractivity contribution is 5.75. The van der Waals surface area contributed by atoms with Gasteiger partial charge in [-0.1, -0.05) is 6.92 Å². The third-order valence-corrected chi connectivity index (χ3v) is 2.85. The number of ether oxygens (including phenoxy) is 1. The molecule has 1 amide bonds. The maximum absolute atomic E-state index is 11.0. The first-order chi connectivity index (χ1) is 6.66. The Kier molecular flexibility index (Phi) is 4.35. The second-order valence-corrected chi connectivity index (χ2v) is 4.11. The predicted molar refractivity (Wildman–Crippen MR) is 54.9 cm³/mol. The number of likely N-dealkylation sites (N-methyl/N-ethyl adjacent to an activating group) is 1. The molecular formula is C10H21N2O2+. The van der Waals surface area contributed by atoms with Gasteiger partial charge in [-0.25, -0.2) is 0 Å². The van der Waals surface area contributed by atoms with Gasteiger partial charge in [-0.3, -0.25) is 4.79 Å². The number of rotatable bonds is 4. The molecule has 0 saturated carbocycles. The van der Waals surface area contributed by atoms with Crippen molar-refractivity contribution in [2.24, 2.45) is 0 Å². The van der Waals surface area contributed by atoms with Gasteiger partial charge in [0.1, 0.15) is 13.1 Å². The Bertz CT molecular complexity index is 189. The van der Waals surface area contributed by atoms with Crippen LogP contribution in [0, 0.1) is 0 Å². The van der Waals surface area contributed by atoms with Crippen LogP contribution in [0.3, 0.4) is 0 Å². The normalized spacial score (nSPS) is 20.4. The summed E-state index contributed by atoms with van der Waals surface area (Å²) < 4.78 is 6.33. The van der Waals surface area contributed by atoms with E-state index in [1.54, 1.807) is 0 Å². The largest absolute Gasteiger partial charge is 0.370 e. The molecule has 0 aromatic rings. The Morgan fingerprint density at radius 1 is 1.43 bits per heavy atom. The van der Waals surface area contributed by atoms with E-state index in [1.807, 2.05) is 6.92 Å². The van der Waals surface area contributed by atoms with Gasteiger partial charge in [0.15, 0.2) is 0 Å². The molecular weight excluding hydrogens is 180 g/mol. The summed E-state index contributed by atoms with van der Waals surface area (Å²) in [6.07, 6.45) is 0.576. The van der Waals surface area contributed by atoms with Gasteiger partial charge in [-0.15, -0.1) is 0 Å². The average Bonchev–Trinajstić information content (AvgIpc) is 2.18. The first-order valence-corrected chi connectivity index (χ1v) is 5.34. The van der Waals surface area contributed by atoms with E-state index in [1.165, 1.54) is 0 Å². The summed E-state index contributed by atoms with van der Waals surface area (Å²) in [4.78, 5) is 11.0. The van der Waals surface area contributed by atoms with Crippen molar-refractivity contribution in [1.29, 1.82) is 0 Å². The van der Waals surface area contributed by atoms with E-state index < -0.39 is 0 Å². The van der Waals surface area contributed by atoms with Crippen LogP contribution in [0.5, 0.6) is 0 Å². The summed E-state index contributed by atoms with van der Waals surface area (Å²) in [5.41, 5.74) is 0. The van der Waals surface area contributed by atoms with Gasteiger partial charge in [0, 0.05) is 6.42 Å². The lowest BCUT2D eigenvalue weighted by Gasteiger charge is -2.37.